The molecule has 0 unspecified atom stereocenters. The number of halogens is 1. The summed E-state index contributed by atoms with van der Waals surface area (Å²) < 4.78 is 24.5. The van der Waals surface area contributed by atoms with Gasteiger partial charge in [0, 0.05) is 56.5 Å². The molecule has 0 spiro atoms. The molecule has 5 aromatic rings. The van der Waals surface area contributed by atoms with E-state index in [4.69, 9.17) is 9.72 Å². The summed E-state index contributed by atoms with van der Waals surface area (Å²) in [5.74, 6) is 2.49. The van der Waals surface area contributed by atoms with Gasteiger partial charge in [0.25, 0.3) is 0 Å². The number of para-hydroxylation sites is 2. The number of fused-ring (bicyclic) bond motifs is 2. The number of piperidine rings is 1. The van der Waals surface area contributed by atoms with E-state index in [2.05, 4.69) is 38.8 Å². The number of ether oxygens (including phenoxy) is 1. The third kappa shape index (κ3) is 4.22. The molecular formula is C30H30FN5O. The molecular weight excluding hydrogens is 465 g/mol. The highest BCUT2D eigenvalue weighted by atomic mass is 19.1. The SMILES string of the molecule is Cn1nc(-c2cccc(F)c2)c2ccc(OC3CCN(c4nc5ccccc5n4CC4CC4)CC3)cc21. The van der Waals surface area contributed by atoms with Crippen LogP contribution in [0.1, 0.15) is 25.7 Å². The van der Waals surface area contributed by atoms with Crippen molar-refractivity contribution in [2.45, 2.75) is 38.3 Å². The number of aromatic nitrogens is 4. The summed E-state index contributed by atoms with van der Waals surface area (Å²) in [7, 11) is 1.92. The minimum Gasteiger partial charge on any atom is -0.490 e. The van der Waals surface area contributed by atoms with Gasteiger partial charge < -0.3 is 14.2 Å². The lowest BCUT2D eigenvalue weighted by Crippen LogP contribution is -2.39. The van der Waals surface area contributed by atoms with Crippen molar-refractivity contribution in [3.63, 3.8) is 0 Å². The van der Waals surface area contributed by atoms with Gasteiger partial charge in [-0.2, -0.15) is 5.10 Å². The summed E-state index contributed by atoms with van der Waals surface area (Å²) in [5.41, 5.74) is 4.86. The number of aryl methyl sites for hydroxylation is 1. The first-order valence-electron chi connectivity index (χ1n) is 13.2. The van der Waals surface area contributed by atoms with Crippen LogP contribution >= 0.6 is 0 Å². The van der Waals surface area contributed by atoms with Gasteiger partial charge in [0.2, 0.25) is 5.95 Å². The fraction of sp³-hybridized carbons (Fsp3) is 0.333. The summed E-state index contributed by atoms with van der Waals surface area (Å²) in [5, 5.41) is 5.65. The molecule has 37 heavy (non-hydrogen) atoms. The van der Waals surface area contributed by atoms with Crippen molar-refractivity contribution in [1.29, 1.82) is 0 Å². The smallest absolute Gasteiger partial charge is 0.206 e. The molecule has 3 aromatic carbocycles. The Morgan fingerprint density at radius 2 is 1.76 bits per heavy atom. The van der Waals surface area contributed by atoms with E-state index in [0.717, 1.165) is 77.8 Å². The predicted octanol–water partition coefficient (Wildman–Crippen LogP) is 6.19. The third-order valence-electron chi connectivity index (χ3n) is 7.72. The highest BCUT2D eigenvalue weighted by molar-refractivity contribution is 5.94. The largest absolute Gasteiger partial charge is 0.490 e. The topological polar surface area (TPSA) is 48.1 Å². The number of nitrogens with zero attached hydrogens (tertiary/aromatic N) is 5. The van der Waals surface area contributed by atoms with Crippen molar-refractivity contribution in [2.75, 3.05) is 18.0 Å². The summed E-state index contributed by atoms with van der Waals surface area (Å²) in [6.45, 7) is 2.92. The highest BCUT2D eigenvalue weighted by Crippen LogP contribution is 2.35. The molecule has 2 fully saturated rings. The van der Waals surface area contributed by atoms with Crippen molar-refractivity contribution in [3.8, 4) is 17.0 Å². The first-order valence-corrected chi connectivity index (χ1v) is 13.2. The number of benzene rings is 3. The lowest BCUT2D eigenvalue weighted by Gasteiger charge is -2.33. The molecule has 7 heteroatoms. The maximum Gasteiger partial charge on any atom is 0.206 e. The summed E-state index contributed by atoms with van der Waals surface area (Å²) in [6.07, 6.45) is 4.71. The van der Waals surface area contributed by atoms with Crippen molar-refractivity contribution in [1.82, 2.24) is 19.3 Å². The van der Waals surface area contributed by atoms with E-state index in [1.807, 2.05) is 36.0 Å². The number of anilines is 1. The Morgan fingerprint density at radius 3 is 2.57 bits per heavy atom. The van der Waals surface area contributed by atoms with Gasteiger partial charge in [-0.25, -0.2) is 9.37 Å². The second-order valence-electron chi connectivity index (χ2n) is 10.4. The quantitative estimate of drug-likeness (QED) is 0.282. The van der Waals surface area contributed by atoms with Crippen LogP contribution in [0.25, 0.3) is 33.2 Å². The van der Waals surface area contributed by atoms with Gasteiger partial charge in [-0.15, -0.1) is 0 Å². The summed E-state index contributed by atoms with van der Waals surface area (Å²) in [6, 6.07) is 21.2. The van der Waals surface area contributed by atoms with Crippen LogP contribution < -0.4 is 9.64 Å². The Bertz CT molecular complexity index is 1590. The Balaban J connectivity index is 1.07. The molecule has 1 aliphatic heterocycles. The molecule has 2 aliphatic rings. The van der Waals surface area contributed by atoms with Crippen molar-refractivity contribution in [2.24, 2.45) is 13.0 Å². The van der Waals surface area contributed by atoms with Gasteiger partial charge in [-0.3, -0.25) is 4.68 Å². The maximum absolute atomic E-state index is 13.8. The molecule has 7 rings (SSSR count). The van der Waals surface area contributed by atoms with Crippen LogP contribution in [-0.2, 0) is 13.6 Å². The van der Waals surface area contributed by atoms with E-state index in [1.54, 1.807) is 6.07 Å². The second-order valence-corrected chi connectivity index (χ2v) is 10.4. The lowest BCUT2D eigenvalue weighted by molar-refractivity contribution is 0.170. The molecule has 0 bridgehead atoms. The Morgan fingerprint density at radius 1 is 0.919 bits per heavy atom. The fourth-order valence-corrected chi connectivity index (χ4v) is 5.57. The van der Waals surface area contributed by atoms with Gasteiger partial charge >= 0.3 is 0 Å². The molecule has 3 heterocycles. The van der Waals surface area contributed by atoms with Gasteiger partial charge in [-0.1, -0.05) is 24.3 Å². The van der Waals surface area contributed by atoms with Crippen LogP contribution in [0.5, 0.6) is 5.75 Å². The molecule has 1 aliphatic carbocycles. The maximum atomic E-state index is 13.8. The average molecular weight is 496 g/mol. The lowest BCUT2D eigenvalue weighted by atomic mass is 10.1. The van der Waals surface area contributed by atoms with E-state index in [9.17, 15) is 4.39 Å². The van der Waals surface area contributed by atoms with Gasteiger partial charge in [0.15, 0.2) is 0 Å². The van der Waals surface area contributed by atoms with Crippen LogP contribution in [0.15, 0.2) is 66.7 Å². The van der Waals surface area contributed by atoms with E-state index >= 15 is 0 Å². The van der Waals surface area contributed by atoms with E-state index < -0.39 is 0 Å². The van der Waals surface area contributed by atoms with Gasteiger partial charge in [0.05, 0.1) is 16.6 Å². The zero-order valence-corrected chi connectivity index (χ0v) is 21.0. The molecule has 0 atom stereocenters. The van der Waals surface area contributed by atoms with E-state index in [0.29, 0.717) is 0 Å². The molecule has 2 aromatic heterocycles. The predicted molar refractivity (Wildman–Crippen MR) is 144 cm³/mol. The number of rotatable bonds is 6. The van der Waals surface area contributed by atoms with Crippen LogP contribution in [0, 0.1) is 11.7 Å². The van der Waals surface area contributed by atoms with Crippen molar-refractivity contribution in [3.05, 3.63) is 72.5 Å². The van der Waals surface area contributed by atoms with Crippen LogP contribution in [0.2, 0.25) is 0 Å². The molecule has 0 N–H and O–H groups in total. The number of imidazole rings is 1. The van der Waals surface area contributed by atoms with Crippen LogP contribution in [0.4, 0.5) is 10.3 Å². The minimum absolute atomic E-state index is 0.158. The molecule has 6 nitrogen and oxygen atoms in total. The first-order chi connectivity index (χ1) is 18.1. The second kappa shape index (κ2) is 8.91. The zero-order valence-electron chi connectivity index (χ0n) is 21.0. The minimum atomic E-state index is -0.259. The number of hydrogen-bond acceptors (Lipinski definition) is 4. The Hall–Kier alpha value is -3.87. The van der Waals surface area contributed by atoms with Gasteiger partial charge in [-0.05, 0) is 55.2 Å². The molecule has 188 valence electrons. The van der Waals surface area contributed by atoms with E-state index in [-0.39, 0.29) is 11.9 Å². The third-order valence-corrected chi connectivity index (χ3v) is 7.72. The highest BCUT2D eigenvalue weighted by Gasteiger charge is 2.28. The molecule has 0 amide bonds. The normalized spacial score (nSPS) is 16.6. The van der Waals surface area contributed by atoms with Gasteiger partial charge in [0.1, 0.15) is 23.4 Å². The van der Waals surface area contributed by atoms with Crippen molar-refractivity contribution >= 4 is 27.9 Å². The monoisotopic (exact) mass is 495 g/mol. The van der Waals surface area contributed by atoms with E-state index in [1.165, 1.54) is 30.5 Å². The summed E-state index contributed by atoms with van der Waals surface area (Å²) in [4.78, 5) is 7.45. The molecule has 1 saturated heterocycles. The Kier molecular flexibility index (Phi) is 5.38. The molecule has 0 radical (unpaired) electrons. The average Bonchev–Trinajstić information content (AvgIpc) is 3.58. The zero-order chi connectivity index (χ0) is 24.9. The fourth-order valence-electron chi connectivity index (χ4n) is 5.57. The first kappa shape index (κ1) is 22.3. The standard InChI is InChI=1S/C30H30FN5O/c1-34-28-18-24(11-12-25(28)29(33-34)21-5-4-6-22(31)17-21)37-23-13-15-35(16-14-23)30-32-26-7-2-3-8-27(26)36(30)19-20-9-10-20/h2-8,11-12,17-18,20,23H,9-10,13-16,19H2,1H3. The van der Waals surface area contributed by atoms with Crippen LogP contribution in [-0.4, -0.2) is 38.5 Å². The number of hydrogen-bond donors (Lipinski definition) is 0. The van der Waals surface area contributed by atoms with Crippen molar-refractivity contribution < 1.29 is 9.13 Å². The molecule has 1 saturated carbocycles. The summed E-state index contributed by atoms with van der Waals surface area (Å²) >= 11 is 0. The Labute approximate surface area is 215 Å². The van der Waals surface area contributed by atoms with Crippen LogP contribution in [0.3, 0.4) is 0 Å².